The first-order valence-electron chi connectivity index (χ1n) is 9.44. The molecule has 1 aromatic rings. The highest BCUT2D eigenvalue weighted by Crippen LogP contribution is 2.31. The van der Waals surface area contributed by atoms with Crippen molar-refractivity contribution in [1.29, 1.82) is 0 Å². The molecular formula is C20H32N2O3. The van der Waals surface area contributed by atoms with E-state index in [4.69, 9.17) is 9.47 Å². The van der Waals surface area contributed by atoms with Crippen LogP contribution in [0.5, 0.6) is 11.5 Å². The topological polar surface area (TPSA) is 54.0 Å². The van der Waals surface area contributed by atoms with E-state index in [0.29, 0.717) is 19.2 Å². The fraction of sp³-hybridized carbons (Fsp3) is 0.700. The van der Waals surface area contributed by atoms with Gasteiger partial charge < -0.3 is 19.9 Å². The van der Waals surface area contributed by atoms with Gasteiger partial charge in [0.25, 0.3) is 0 Å². The zero-order chi connectivity index (χ0) is 17.9. The normalized spacial score (nSPS) is 25.6. The maximum Gasteiger partial charge on any atom is 0.161 e. The fourth-order valence-electron chi connectivity index (χ4n) is 3.41. The summed E-state index contributed by atoms with van der Waals surface area (Å²) in [7, 11) is 0. The summed E-state index contributed by atoms with van der Waals surface area (Å²) in [5, 5.41) is 13.8. The number of hydrogen-bond donors (Lipinski definition) is 2. The maximum atomic E-state index is 10.2. The number of nitrogens with zero attached hydrogens (tertiary/aromatic N) is 1. The van der Waals surface area contributed by atoms with Gasteiger partial charge in [0.1, 0.15) is 12.7 Å². The van der Waals surface area contributed by atoms with Crippen LogP contribution >= 0.6 is 0 Å². The Labute approximate surface area is 151 Å². The predicted molar refractivity (Wildman–Crippen MR) is 99.3 cm³/mol. The van der Waals surface area contributed by atoms with Crippen molar-refractivity contribution < 1.29 is 14.6 Å². The van der Waals surface area contributed by atoms with E-state index in [-0.39, 0.29) is 17.6 Å². The van der Waals surface area contributed by atoms with Gasteiger partial charge in [-0.1, -0.05) is 32.9 Å². The Morgan fingerprint density at radius 3 is 2.80 bits per heavy atom. The molecule has 25 heavy (non-hydrogen) atoms. The average molecular weight is 348 g/mol. The van der Waals surface area contributed by atoms with Gasteiger partial charge in [0.2, 0.25) is 0 Å². The Bertz CT molecular complexity index is 558. The molecule has 3 atom stereocenters. The lowest BCUT2D eigenvalue weighted by Crippen LogP contribution is -2.51. The summed E-state index contributed by atoms with van der Waals surface area (Å²) >= 11 is 0. The highest BCUT2D eigenvalue weighted by Gasteiger charge is 2.28. The van der Waals surface area contributed by atoms with Crippen LogP contribution in [-0.2, 0) is 0 Å². The first-order chi connectivity index (χ1) is 11.9. The van der Waals surface area contributed by atoms with E-state index < -0.39 is 0 Å². The Balaban J connectivity index is 1.46. The minimum Gasteiger partial charge on any atom is -0.486 e. The molecule has 2 aliphatic rings. The minimum absolute atomic E-state index is 0.0776. The lowest BCUT2D eigenvalue weighted by atomic mass is 9.89. The summed E-state index contributed by atoms with van der Waals surface area (Å²) in [6.45, 7) is 10.5. The number of piperidine rings is 1. The standard InChI is InChI=1S/C20H32N2O3/c1-20(2,3)19(23)11-21-15-7-6-10-22(12-15)13-16-14-24-17-8-4-5-9-18(17)25-16/h4-5,8-9,15-16,19,21,23H,6-7,10-14H2,1-3H3. The number of ether oxygens (including phenoxy) is 2. The van der Waals surface area contributed by atoms with Crippen LogP contribution in [0.15, 0.2) is 24.3 Å². The summed E-state index contributed by atoms with van der Waals surface area (Å²) in [5.41, 5.74) is -0.0813. The van der Waals surface area contributed by atoms with Crippen LogP contribution in [0.2, 0.25) is 0 Å². The van der Waals surface area contributed by atoms with Crippen molar-refractivity contribution in [1.82, 2.24) is 10.2 Å². The summed E-state index contributed by atoms with van der Waals surface area (Å²) in [6, 6.07) is 8.30. The van der Waals surface area contributed by atoms with Gasteiger partial charge in [-0.25, -0.2) is 0 Å². The number of benzene rings is 1. The van der Waals surface area contributed by atoms with Crippen LogP contribution in [-0.4, -0.2) is 61.0 Å². The van der Waals surface area contributed by atoms with Gasteiger partial charge in [-0.3, -0.25) is 4.90 Å². The minimum atomic E-state index is -0.325. The van der Waals surface area contributed by atoms with E-state index in [1.165, 1.54) is 6.42 Å². The first kappa shape index (κ1) is 18.5. The first-order valence-corrected chi connectivity index (χ1v) is 9.44. The molecule has 140 valence electrons. The summed E-state index contributed by atoms with van der Waals surface area (Å²) in [6.07, 6.45) is 2.09. The van der Waals surface area contributed by atoms with Crippen LogP contribution in [0.3, 0.4) is 0 Å². The van der Waals surface area contributed by atoms with E-state index in [0.717, 1.165) is 37.6 Å². The molecule has 5 nitrogen and oxygen atoms in total. The maximum absolute atomic E-state index is 10.2. The highest BCUT2D eigenvalue weighted by molar-refractivity contribution is 5.40. The lowest BCUT2D eigenvalue weighted by molar-refractivity contribution is 0.0403. The molecule has 3 rings (SSSR count). The molecule has 2 aliphatic heterocycles. The molecule has 2 N–H and O–H groups in total. The molecule has 3 unspecified atom stereocenters. The Morgan fingerprint density at radius 1 is 1.28 bits per heavy atom. The van der Waals surface area contributed by atoms with Gasteiger partial charge in [-0.2, -0.15) is 0 Å². The van der Waals surface area contributed by atoms with Crippen molar-refractivity contribution in [2.75, 3.05) is 32.8 Å². The number of aliphatic hydroxyl groups is 1. The Kier molecular flexibility index (Phi) is 5.87. The van der Waals surface area contributed by atoms with Crippen molar-refractivity contribution >= 4 is 0 Å². The number of nitrogens with one attached hydrogen (secondary N) is 1. The van der Waals surface area contributed by atoms with Crippen LogP contribution in [0, 0.1) is 5.41 Å². The average Bonchev–Trinajstić information content (AvgIpc) is 2.59. The monoisotopic (exact) mass is 348 g/mol. The number of hydrogen-bond acceptors (Lipinski definition) is 5. The third-order valence-corrected chi connectivity index (χ3v) is 5.13. The molecule has 2 heterocycles. The summed E-state index contributed by atoms with van der Waals surface area (Å²) < 4.78 is 11.9. The molecule has 0 bridgehead atoms. The predicted octanol–water partition coefficient (Wildman–Crippen LogP) is 2.29. The molecule has 0 aliphatic carbocycles. The van der Waals surface area contributed by atoms with E-state index >= 15 is 0 Å². The zero-order valence-electron chi connectivity index (χ0n) is 15.7. The molecule has 0 radical (unpaired) electrons. The van der Waals surface area contributed by atoms with Crippen LogP contribution in [0.1, 0.15) is 33.6 Å². The Hall–Kier alpha value is -1.30. The number of rotatable bonds is 5. The largest absolute Gasteiger partial charge is 0.486 e. The number of aliphatic hydroxyl groups excluding tert-OH is 1. The van der Waals surface area contributed by atoms with Gasteiger partial charge in [-0.05, 0) is 36.9 Å². The fourth-order valence-corrected chi connectivity index (χ4v) is 3.41. The second-order valence-electron chi connectivity index (χ2n) is 8.39. The van der Waals surface area contributed by atoms with Crippen LogP contribution < -0.4 is 14.8 Å². The van der Waals surface area contributed by atoms with E-state index in [9.17, 15) is 5.11 Å². The number of likely N-dealkylation sites (tertiary alicyclic amines) is 1. The third-order valence-electron chi connectivity index (χ3n) is 5.13. The summed E-state index contributed by atoms with van der Waals surface area (Å²) in [5.74, 6) is 1.69. The second kappa shape index (κ2) is 7.94. The van der Waals surface area contributed by atoms with Gasteiger partial charge in [0, 0.05) is 25.7 Å². The Morgan fingerprint density at radius 2 is 2.04 bits per heavy atom. The van der Waals surface area contributed by atoms with Crippen molar-refractivity contribution in [2.45, 2.75) is 51.9 Å². The molecule has 0 amide bonds. The molecule has 1 aromatic carbocycles. The van der Waals surface area contributed by atoms with E-state index in [2.05, 4.69) is 31.0 Å². The van der Waals surface area contributed by atoms with Crippen molar-refractivity contribution in [2.24, 2.45) is 5.41 Å². The smallest absolute Gasteiger partial charge is 0.161 e. The molecule has 0 saturated carbocycles. The van der Waals surface area contributed by atoms with Crippen molar-refractivity contribution in [3.05, 3.63) is 24.3 Å². The number of para-hydroxylation sites is 2. The third kappa shape index (κ3) is 5.09. The number of fused-ring (bicyclic) bond motifs is 1. The van der Waals surface area contributed by atoms with Gasteiger partial charge in [0.15, 0.2) is 11.5 Å². The lowest BCUT2D eigenvalue weighted by Gasteiger charge is -2.37. The van der Waals surface area contributed by atoms with Gasteiger partial charge in [-0.15, -0.1) is 0 Å². The van der Waals surface area contributed by atoms with Crippen molar-refractivity contribution in [3.8, 4) is 11.5 Å². The highest BCUT2D eigenvalue weighted by atomic mass is 16.6. The molecule has 0 aromatic heterocycles. The molecule has 1 saturated heterocycles. The van der Waals surface area contributed by atoms with E-state index in [1.807, 2.05) is 24.3 Å². The zero-order valence-corrected chi connectivity index (χ0v) is 15.7. The molecule has 5 heteroatoms. The molecule has 0 spiro atoms. The molecule has 1 fully saturated rings. The summed E-state index contributed by atoms with van der Waals surface area (Å²) in [4.78, 5) is 2.45. The van der Waals surface area contributed by atoms with E-state index in [1.54, 1.807) is 0 Å². The van der Waals surface area contributed by atoms with Gasteiger partial charge >= 0.3 is 0 Å². The van der Waals surface area contributed by atoms with Crippen LogP contribution in [0.25, 0.3) is 0 Å². The quantitative estimate of drug-likeness (QED) is 0.855. The molecular weight excluding hydrogens is 316 g/mol. The van der Waals surface area contributed by atoms with Gasteiger partial charge in [0.05, 0.1) is 6.10 Å². The van der Waals surface area contributed by atoms with Crippen LogP contribution in [0.4, 0.5) is 0 Å². The SMILES string of the molecule is CC(C)(C)C(O)CNC1CCCN(CC2COc3ccccc3O2)C1. The van der Waals surface area contributed by atoms with Crippen molar-refractivity contribution in [3.63, 3.8) is 0 Å². The second-order valence-corrected chi connectivity index (χ2v) is 8.39.